The molecule has 0 bridgehead atoms. The third-order valence-electron chi connectivity index (χ3n) is 3.32. The van der Waals surface area contributed by atoms with E-state index in [1.807, 2.05) is 54.6 Å². The summed E-state index contributed by atoms with van der Waals surface area (Å²) in [7, 11) is 1.62. The number of hydroxylamine groups is 1. The number of hydrogen-bond donors (Lipinski definition) is 1. The van der Waals surface area contributed by atoms with Crippen molar-refractivity contribution in [1.29, 1.82) is 0 Å². The van der Waals surface area contributed by atoms with E-state index in [0.29, 0.717) is 12.3 Å². The highest BCUT2D eigenvalue weighted by atomic mass is 32.1. The van der Waals surface area contributed by atoms with Crippen LogP contribution >= 0.6 is 11.3 Å². The fraction of sp³-hybridized carbons (Fsp3) is 0.111. The topological polar surface area (TPSA) is 60.5 Å². The zero-order valence-corrected chi connectivity index (χ0v) is 13.9. The maximum absolute atomic E-state index is 12.1. The molecule has 1 amide bonds. The number of thiazole rings is 1. The van der Waals surface area contributed by atoms with Gasteiger partial charge in [0.25, 0.3) is 5.91 Å². The van der Waals surface area contributed by atoms with Gasteiger partial charge in [0.15, 0.2) is 0 Å². The fourth-order valence-corrected chi connectivity index (χ4v) is 2.86. The molecule has 5 nitrogen and oxygen atoms in total. The quantitative estimate of drug-likeness (QED) is 0.696. The first kappa shape index (κ1) is 16.2. The number of aromatic nitrogens is 1. The zero-order chi connectivity index (χ0) is 16.8. The summed E-state index contributed by atoms with van der Waals surface area (Å²) >= 11 is 1.41. The van der Waals surface area contributed by atoms with Crippen molar-refractivity contribution in [2.75, 3.05) is 7.11 Å². The molecule has 0 radical (unpaired) electrons. The van der Waals surface area contributed by atoms with Gasteiger partial charge < -0.3 is 4.74 Å². The summed E-state index contributed by atoms with van der Waals surface area (Å²) in [4.78, 5) is 21.6. The Labute approximate surface area is 143 Å². The summed E-state index contributed by atoms with van der Waals surface area (Å²) in [5.41, 5.74) is 4.66. The first-order chi connectivity index (χ1) is 11.8. The van der Waals surface area contributed by atoms with E-state index in [9.17, 15) is 4.79 Å². The smallest absolute Gasteiger partial charge is 0.294 e. The van der Waals surface area contributed by atoms with Crippen molar-refractivity contribution in [3.63, 3.8) is 0 Å². The third kappa shape index (κ3) is 3.98. The highest BCUT2D eigenvalue weighted by Crippen LogP contribution is 2.25. The lowest BCUT2D eigenvalue weighted by Crippen LogP contribution is -2.23. The third-order valence-corrected chi connectivity index (χ3v) is 4.21. The summed E-state index contributed by atoms with van der Waals surface area (Å²) in [6.45, 7) is 0.308. The maximum Gasteiger partial charge on any atom is 0.294 e. The van der Waals surface area contributed by atoms with E-state index in [2.05, 4.69) is 10.5 Å². The number of methoxy groups -OCH3 is 1. The van der Waals surface area contributed by atoms with Gasteiger partial charge in [-0.1, -0.05) is 30.3 Å². The maximum atomic E-state index is 12.1. The monoisotopic (exact) mass is 340 g/mol. The van der Waals surface area contributed by atoms with Crippen LogP contribution in [0.15, 0.2) is 60.0 Å². The predicted molar refractivity (Wildman–Crippen MR) is 92.8 cm³/mol. The summed E-state index contributed by atoms with van der Waals surface area (Å²) in [6, 6.07) is 17.2. The molecule has 0 aliphatic rings. The standard InChI is InChI=1S/C18H16N2O3S/c1-22-15-9-7-14(8-10-15)18-19-16(12-24-18)17(21)20-23-11-13-5-3-2-4-6-13/h2-10,12H,11H2,1H3,(H,20,21). The first-order valence-electron chi connectivity index (χ1n) is 7.32. The van der Waals surface area contributed by atoms with Crippen LogP contribution < -0.4 is 10.2 Å². The molecule has 24 heavy (non-hydrogen) atoms. The lowest BCUT2D eigenvalue weighted by atomic mass is 10.2. The van der Waals surface area contributed by atoms with Gasteiger partial charge in [-0.15, -0.1) is 11.3 Å². The van der Waals surface area contributed by atoms with Crippen LogP contribution in [-0.4, -0.2) is 18.0 Å². The van der Waals surface area contributed by atoms with E-state index in [4.69, 9.17) is 9.57 Å². The van der Waals surface area contributed by atoms with Crippen LogP contribution in [0, 0.1) is 0 Å². The fourth-order valence-electron chi connectivity index (χ4n) is 2.06. The minimum Gasteiger partial charge on any atom is -0.497 e. The van der Waals surface area contributed by atoms with E-state index < -0.39 is 0 Å². The van der Waals surface area contributed by atoms with Crippen molar-refractivity contribution in [2.24, 2.45) is 0 Å². The van der Waals surface area contributed by atoms with Crippen molar-refractivity contribution in [3.8, 4) is 16.3 Å². The summed E-state index contributed by atoms with van der Waals surface area (Å²) < 4.78 is 5.13. The molecule has 0 saturated carbocycles. The Bertz CT molecular complexity index is 801. The van der Waals surface area contributed by atoms with Crippen LogP contribution in [-0.2, 0) is 11.4 Å². The van der Waals surface area contributed by atoms with Crippen molar-refractivity contribution >= 4 is 17.2 Å². The molecule has 0 aliphatic carbocycles. The van der Waals surface area contributed by atoms with Gasteiger partial charge in [0.2, 0.25) is 0 Å². The molecule has 1 heterocycles. The average molecular weight is 340 g/mol. The summed E-state index contributed by atoms with van der Waals surface area (Å²) in [5, 5.41) is 2.48. The van der Waals surface area contributed by atoms with Gasteiger partial charge in [-0.3, -0.25) is 9.63 Å². The van der Waals surface area contributed by atoms with Crippen LogP contribution in [0.25, 0.3) is 10.6 Å². The molecule has 1 aromatic heterocycles. The van der Waals surface area contributed by atoms with Gasteiger partial charge >= 0.3 is 0 Å². The van der Waals surface area contributed by atoms with Crippen LogP contribution in [0.1, 0.15) is 16.1 Å². The SMILES string of the molecule is COc1ccc(-c2nc(C(=O)NOCc3ccccc3)cs2)cc1. The lowest BCUT2D eigenvalue weighted by molar-refractivity contribution is 0.0230. The Morgan fingerprint density at radius 2 is 1.88 bits per heavy atom. The normalized spacial score (nSPS) is 10.4. The Balaban J connectivity index is 1.59. The van der Waals surface area contributed by atoms with Crippen LogP contribution in [0.4, 0.5) is 0 Å². The molecule has 0 unspecified atom stereocenters. The van der Waals surface area contributed by atoms with Gasteiger partial charge in [0.05, 0.1) is 13.7 Å². The largest absolute Gasteiger partial charge is 0.497 e. The van der Waals surface area contributed by atoms with E-state index >= 15 is 0 Å². The van der Waals surface area contributed by atoms with Crippen molar-refractivity contribution in [1.82, 2.24) is 10.5 Å². The molecule has 122 valence electrons. The molecule has 6 heteroatoms. The van der Waals surface area contributed by atoms with Crippen LogP contribution in [0.5, 0.6) is 5.75 Å². The molecule has 0 saturated heterocycles. The number of rotatable bonds is 6. The highest BCUT2D eigenvalue weighted by molar-refractivity contribution is 7.13. The molecule has 0 fully saturated rings. The number of hydrogen-bond acceptors (Lipinski definition) is 5. The minimum absolute atomic E-state index is 0.308. The Morgan fingerprint density at radius 3 is 2.58 bits per heavy atom. The van der Waals surface area contributed by atoms with Crippen LogP contribution in [0.2, 0.25) is 0 Å². The Kier molecular flexibility index (Phi) is 5.20. The van der Waals surface area contributed by atoms with Crippen molar-refractivity contribution in [2.45, 2.75) is 6.61 Å². The number of carbonyl (C=O) groups excluding carboxylic acids is 1. The van der Waals surface area contributed by atoms with Gasteiger partial charge in [0, 0.05) is 10.9 Å². The average Bonchev–Trinajstić information content (AvgIpc) is 3.13. The number of amides is 1. The minimum atomic E-state index is -0.359. The number of nitrogens with zero attached hydrogens (tertiary/aromatic N) is 1. The second-order valence-corrected chi connectivity index (χ2v) is 5.83. The molecule has 2 aromatic carbocycles. The summed E-state index contributed by atoms with van der Waals surface area (Å²) in [6.07, 6.45) is 0. The van der Waals surface area contributed by atoms with Gasteiger partial charge in [-0.05, 0) is 29.8 Å². The number of nitrogens with one attached hydrogen (secondary N) is 1. The predicted octanol–water partition coefficient (Wildman–Crippen LogP) is 3.68. The van der Waals surface area contributed by atoms with Gasteiger partial charge in [0.1, 0.15) is 16.5 Å². The van der Waals surface area contributed by atoms with E-state index in [-0.39, 0.29) is 5.91 Å². The number of ether oxygens (including phenoxy) is 1. The summed E-state index contributed by atoms with van der Waals surface area (Å²) in [5.74, 6) is 0.421. The highest BCUT2D eigenvalue weighted by Gasteiger charge is 2.12. The molecule has 0 spiro atoms. The Hall–Kier alpha value is -2.70. The first-order valence-corrected chi connectivity index (χ1v) is 8.20. The van der Waals surface area contributed by atoms with Crippen molar-refractivity contribution in [3.05, 3.63) is 71.2 Å². The molecule has 3 rings (SSSR count). The molecule has 3 aromatic rings. The number of carbonyl (C=O) groups is 1. The molecule has 1 N–H and O–H groups in total. The van der Waals surface area contributed by atoms with Gasteiger partial charge in [-0.2, -0.15) is 0 Å². The van der Waals surface area contributed by atoms with Gasteiger partial charge in [-0.25, -0.2) is 10.5 Å². The second kappa shape index (κ2) is 7.72. The Morgan fingerprint density at radius 1 is 1.12 bits per heavy atom. The molecular formula is C18H16N2O3S. The molecular weight excluding hydrogens is 324 g/mol. The van der Waals surface area contributed by atoms with E-state index in [0.717, 1.165) is 21.9 Å². The van der Waals surface area contributed by atoms with Crippen LogP contribution in [0.3, 0.4) is 0 Å². The molecule has 0 aliphatic heterocycles. The van der Waals surface area contributed by atoms with Crippen molar-refractivity contribution < 1.29 is 14.4 Å². The molecule has 0 atom stereocenters. The lowest BCUT2D eigenvalue weighted by Gasteiger charge is -2.04. The van der Waals surface area contributed by atoms with E-state index in [1.165, 1.54) is 11.3 Å². The number of benzene rings is 2. The second-order valence-electron chi connectivity index (χ2n) is 4.97. The zero-order valence-electron chi connectivity index (χ0n) is 13.1. The van der Waals surface area contributed by atoms with E-state index in [1.54, 1.807) is 12.5 Å².